The molecule has 24 heavy (non-hydrogen) atoms. The van der Waals surface area contributed by atoms with Crippen LogP contribution in [0.15, 0.2) is 6.07 Å². The molecule has 2 N–H and O–H groups in total. The van der Waals surface area contributed by atoms with E-state index in [2.05, 4.69) is 25.5 Å². The fraction of sp³-hybridized carbons (Fsp3) is 0.667. The number of morpholine rings is 1. The lowest BCUT2D eigenvalue weighted by Gasteiger charge is -2.28. The Balaban J connectivity index is 1.61. The summed E-state index contributed by atoms with van der Waals surface area (Å²) in [5.74, 6) is 1.71. The Bertz CT molecular complexity index is 562. The molecule has 3 heterocycles. The van der Waals surface area contributed by atoms with Crippen LogP contribution in [0.3, 0.4) is 0 Å². The first-order valence-electron chi connectivity index (χ1n) is 8.17. The number of thiocarbonyl (C=S) groups is 1. The zero-order chi connectivity index (χ0) is 16.8. The van der Waals surface area contributed by atoms with E-state index < -0.39 is 0 Å². The van der Waals surface area contributed by atoms with Crippen LogP contribution in [0.2, 0.25) is 0 Å². The molecule has 2 aliphatic rings. The second-order valence-electron chi connectivity index (χ2n) is 5.66. The minimum atomic E-state index is 0.222. The van der Waals surface area contributed by atoms with E-state index in [-0.39, 0.29) is 6.10 Å². The van der Waals surface area contributed by atoms with E-state index in [0.29, 0.717) is 36.7 Å². The third-order valence-electron chi connectivity index (χ3n) is 3.97. The van der Waals surface area contributed by atoms with Gasteiger partial charge in [0.05, 0.1) is 26.4 Å². The van der Waals surface area contributed by atoms with Crippen molar-refractivity contribution in [3.8, 4) is 5.88 Å². The van der Waals surface area contributed by atoms with Gasteiger partial charge >= 0.3 is 0 Å². The Hall–Kier alpha value is -1.71. The summed E-state index contributed by atoms with van der Waals surface area (Å²) in [5, 5.41) is 6.65. The Labute approximate surface area is 146 Å². The number of rotatable bonds is 5. The van der Waals surface area contributed by atoms with Crippen LogP contribution in [0.5, 0.6) is 5.88 Å². The van der Waals surface area contributed by atoms with Crippen molar-refractivity contribution in [3.63, 3.8) is 0 Å². The summed E-state index contributed by atoms with van der Waals surface area (Å²) in [7, 11) is 1.59. The predicted octanol–water partition coefficient (Wildman–Crippen LogP) is 0.787. The third-order valence-corrected chi connectivity index (χ3v) is 4.22. The van der Waals surface area contributed by atoms with Gasteiger partial charge in [-0.3, -0.25) is 0 Å². The molecule has 1 aromatic heterocycles. The largest absolute Gasteiger partial charge is 0.481 e. The molecule has 0 spiro atoms. The van der Waals surface area contributed by atoms with Gasteiger partial charge < -0.3 is 29.7 Å². The van der Waals surface area contributed by atoms with Gasteiger partial charge in [0.15, 0.2) is 5.11 Å². The predicted molar refractivity (Wildman–Crippen MR) is 94.8 cm³/mol. The standard InChI is InChI=1S/C15H23N5O3S/c1-21-13-9-12(20-4-7-22-8-5-20)17-14(18-13)19-15(24)16-10-11-3-2-6-23-11/h9,11H,2-8,10H2,1H3,(H2,16,17,18,19,24). The van der Waals surface area contributed by atoms with Gasteiger partial charge in [-0.1, -0.05) is 0 Å². The summed E-state index contributed by atoms with van der Waals surface area (Å²) in [6, 6.07) is 1.82. The maximum absolute atomic E-state index is 5.57. The van der Waals surface area contributed by atoms with Gasteiger partial charge in [0.2, 0.25) is 11.8 Å². The van der Waals surface area contributed by atoms with Crippen LogP contribution in [0, 0.1) is 0 Å². The highest BCUT2D eigenvalue weighted by molar-refractivity contribution is 7.80. The fourth-order valence-electron chi connectivity index (χ4n) is 2.69. The van der Waals surface area contributed by atoms with Crippen molar-refractivity contribution in [2.45, 2.75) is 18.9 Å². The lowest BCUT2D eigenvalue weighted by atomic mass is 10.2. The normalized spacial score (nSPS) is 20.7. The first-order chi connectivity index (χ1) is 11.7. The van der Waals surface area contributed by atoms with Gasteiger partial charge in [-0.15, -0.1) is 0 Å². The van der Waals surface area contributed by atoms with E-state index in [0.717, 1.165) is 38.4 Å². The van der Waals surface area contributed by atoms with Crippen LogP contribution < -0.4 is 20.3 Å². The molecule has 0 saturated carbocycles. The molecule has 2 saturated heterocycles. The number of nitrogens with one attached hydrogen (secondary N) is 2. The second kappa shape index (κ2) is 8.41. The molecule has 2 fully saturated rings. The van der Waals surface area contributed by atoms with Crippen LogP contribution in [-0.2, 0) is 9.47 Å². The van der Waals surface area contributed by atoms with E-state index in [1.807, 2.05) is 6.07 Å². The number of anilines is 2. The van der Waals surface area contributed by atoms with Crippen molar-refractivity contribution >= 4 is 29.1 Å². The first kappa shape index (κ1) is 17.1. The van der Waals surface area contributed by atoms with Crippen molar-refractivity contribution in [3.05, 3.63) is 6.07 Å². The lowest BCUT2D eigenvalue weighted by molar-refractivity contribution is 0.114. The average Bonchev–Trinajstić information content (AvgIpc) is 3.14. The minimum absolute atomic E-state index is 0.222. The molecule has 0 aromatic carbocycles. The van der Waals surface area contributed by atoms with Gasteiger partial charge in [0.1, 0.15) is 5.82 Å². The summed E-state index contributed by atoms with van der Waals surface area (Å²) in [5.41, 5.74) is 0. The van der Waals surface area contributed by atoms with Crippen LogP contribution >= 0.6 is 12.2 Å². The summed E-state index contributed by atoms with van der Waals surface area (Å²) in [4.78, 5) is 11.0. The van der Waals surface area contributed by atoms with Crippen molar-refractivity contribution in [2.75, 3.05) is 56.8 Å². The maximum atomic E-state index is 5.57. The topological polar surface area (TPSA) is 80.8 Å². The summed E-state index contributed by atoms with van der Waals surface area (Å²) < 4.78 is 16.2. The zero-order valence-corrected chi connectivity index (χ0v) is 14.6. The SMILES string of the molecule is COc1cc(N2CCOCC2)nc(NC(=S)NCC2CCCO2)n1. The van der Waals surface area contributed by atoms with E-state index in [4.69, 9.17) is 26.4 Å². The van der Waals surface area contributed by atoms with E-state index in [1.165, 1.54) is 0 Å². The summed E-state index contributed by atoms with van der Waals surface area (Å²) >= 11 is 5.32. The van der Waals surface area contributed by atoms with E-state index >= 15 is 0 Å². The van der Waals surface area contributed by atoms with Crippen molar-refractivity contribution in [1.29, 1.82) is 0 Å². The van der Waals surface area contributed by atoms with Gasteiger partial charge in [-0.05, 0) is 25.1 Å². The van der Waals surface area contributed by atoms with Crippen LogP contribution in [-0.4, -0.2) is 67.7 Å². The van der Waals surface area contributed by atoms with Gasteiger partial charge in [0.25, 0.3) is 0 Å². The molecule has 8 nitrogen and oxygen atoms in total. The lowest BCUT2D eigenvalue weighted by Crippen LogP contribution is -2.37. The Morgan fingerprint density at radius 3 is 2.92 bits per heavy atom. The molecule has 0 aliphatic carbocycles. The molecule has 3 rings (SSSR count). The number of nitrogens with zero attached hydrogens (tertiary/aromatic N) is 3. The molecule has 1 atom stereocenters. The van der Waals surface area contributed by atoms with Crippen molar-refractivity contribution in [1.82, 2.24) is 15.3 Å². The molecule has 0 amide bonds. The summed E-state index contributed by atoms with van der Waals surface area (Å²) in [6.45, 7) is 4.48. The van der Waals surface area contributed by atoms with Crippen molar-refractivity contribution in [2.24, 2.45) is 0 Å². The highest BCUT2D eigenvalue weighted by Gasteiger charge is 2.17. The number of hydrogen-bond donors (Lipinski definition) is 2. The molecule has 0 bridgehead atoms. The number of aromatic nitrogens is 2. The molecular formula is C15H23N5O3S. The molecule has 132 valence electrons. The van der Waals surface area contributed by atoms with Crippen molar-refractivity contribution < 1.29 is 14.2 Å². The molecule has 9 heteroatoms. The monoisotopic (exact) mass is 353 g/mol. The zero-order valence-electron chi connectivity index (χ0n) is 13.8. The highest BCUT2D eigenvalue weighted by atomic mass is 32.1. The molecule has 1 unspecified atom stereocenters. The quantitative estimate of drug-likeness (QED) is 0.747. The second-order valence-corrected chi connectivity index (χ2v) is 6.07. The van der Waals surface area contributed by atoms with Crippen LogP contribution in [0.25, 0.3) is 0 Å². The van der Waals surface area contributed by atoms with E-state index in [1.54, 1.807) is 7.11 Å². The van der Waals surface area contributed by atoms with Gasteiger partial charge in [0, 0.05) is 32.3 Å². The minimum Gasteiger partial charge on any atom is -0.481 e. The highest BCUT2D eigenvalue weighted by Crippen LogP contribution is 2.20. The Morgan fingerprint density at radius 2 is 2.21 bits per heavy atom. The first-order valence-corrected chi connectivity index (χ1v) is 8.57. The summed E-state index contributed by atoms with van der Waals surface area (Å²) in [6.07, 6.45) is 2.39. The fourth-order valence-corrected chi connectivity index (χ4v) is 2.86. The van der Waals surface area contributed by atoms with E-state index in [9.17, 15) is 0 Å². The van der Waals surface area contributed by atoms with Crippen LogP contribution in [0.1, 0.15) is 12.8 Å². The number of methoxy groups -OCH3 is 1. The molecular weight excluding hydrogens is 330 g/mol. The van der Waals surface area contributed by atoms with Gasteiger partial charge in [-0.2, -0.15) is 9.97 Å². The van der Waals surface area contributed by atoms with Crippen LogP contribution in [0.4, 0.5) is 11.8 Å². The Morgan fingerprint density at radius 1 is 1.38 bits per heavy atom. The smallest absolute Gasteiger partial charge is 0.234 e. The average molecular weight is 353 g/mol. The maximum Gasteiger partial charge on any atom is 0.234 e. The third kappa shape index (κ3) is 4.65. The number of ether oxygens (including phenoxy) is 3. The molecule has 0 radical (unpaired) electrons. The molecule has 2 aliphatic heterocycles. The number of hydrogen-bond acceptors (Lipinski definition) is 7. The molecule has 1 aromatic rings. The Kier molecular flexibility index (Phi) is 6.00. The van der Waals surface area contributed by atoms with Gasteiger partial charge in [-0.25, -0.2) is 0 Å².